The number of rotatable bonds is 2. The first-order valence-corrected chi connectivity index (χ1v) is 10.9. The zero-order chi connectivity index (χ0) is 20.2. The Labute approximate surface area is 180 Å². The van der Waals surface area contributed by atoms with E-state index in [0.29, 0.717) is 21.6 Å². The molecule has 0 aliphatic carbocycles. The number of imidazole rings is 1. The number of hydrogen-bond acceptors (Lipinski definition) is 4. The lowest BCUT2D eigenvalue weighted by atomic mass is 9.77. The lowest BCUT2D eigenvalue weighted by Crippen LogP contribution is -2.41. The molecule has 0 unspecified atom stereocenters. The minimum Gasteiger partial charge on any atom is -0.378 e. The van der Waals surface area contributed by atoms with Crippen LogP contribution in [-0.4, -0.2) is 40.2 Å². The third kappa shape index (κ3) is 3.20. The molecule has 0 amide bonds. The molecule has 1 atom stereocenters. The van der Waals surface area contributed by atoms with Crippen LogP contribution in [0.15, 0.2) is 30.6 Å². The van der Waals surface area contributed by atoms with Gasteiger partial charge >= 0.3 is 0 Å². The number of nitrogens with zero attached hydrogens (tertiary/aromatic N) is 4. The molecule has 4 heterocycles. The molecule has 3 aromatic rings. The Hall–Kier alpha value is -1.82. The van der Waals surface area contributed by atoms with Gasteiger partial charge in [-0.05, 0) is 44.6 Å². The van der Waals surface area contributed by atoms with Gasteiger partial charge in [0, 0.05) is 31.0 Å². The summed E-state index contributed by atoms with van der Waals surface area (Å²) in [5.41, 5.74) is 3.90. The first-order valence-electron chi connectivity index (χ1n) is 10.1. The van der Waals surface area contributed by atoms with Gasteiger partial charge in [0.25, 0.3) is 0 Å². The van der Waals surface area contributed by atoms with Gasteiger partial charge in [-0.25, -0.2) is 9.97 Å². The fraction of sp³-hybridized carbons (Fsp3) is 0.455. The van der Waals surface area contributed by atoms with Crippen molar-refractivity contribution in [1.29, 1.82) is 0 Å². The van der Waals surface area contributed by atoms with Crippen molar-refractivity contribution in [3.63, 3.8) is 0 Å². The number of aromatic nitrogens is 3. The second kappa shape index (κ2) is 7.15. The van der Waals surface area contributed by atoms with E-state index in [0.717, 1.165) is 67.4 Å². The van der Waals surface area contributed by atoms with Gasteiger partial charge in [-0.1, -0.05) is 35.3 Å². The molecule has 2 saturated heterocycles. The third-order valence-corrected chi connectivity index (χ3v) is 7.24. The molecule has 5 nitrogen and oxygen atoms in total. The van der Waals surface area contributed by atoms with E-state index in [2.05, 4.69) is 21.2 Å². The highest BCUT2D eigenvalue weighted by Gasteiger charge is 2.41. The Kier molecular flexibility index (Phi) is 4.72. The van der Waals surface area contributed by atoms with E-state index < -0.39 is 0 Å². The topological polar surface area (TPSA) is 42.7 Å². The van der Waals surface area contributed by atoms with Crippen LogP contribution in [0.2, 0.25) is 10.0 Å². The maximum absolute atomic E-state index is 6.52. The summed E-state index contributed by atoms with van der Waals surface area (Å²) in [6, 6.07) is 5.68. The van der Waals surface area contributed by atoms with Crippen molar-refractivity contribution in [1.82, 2.24) is 14.4 Å². The van der Waals surface area contributed by atoms with Crippen LogP contribution in [-0.2, 0) is 4.74 Å². The van der Waals surface area contributed by atoms with Crippen LogP contribution < -0.4 is 4.90 Å². The number of anilines is 1. The Bertz CT molecular complexity index is 1070. The van der Waals surface area contributed by atoms with Crippen LogP contribution in [0.25, 0.3) is 16.9 Å². The van der Waals surface area contributed by atoms with Gasteiger partial charge in [0.05, 0.1) is 34.1 Å². The van der Waals surface area contributed by atoms with Crippen LogP contribution in [0.5, 0.6) is 0 Å². The van der Waals surface area contributed by atoms with E-state index >= 15 is 0 Å². The Balaban J connectivity index is 1.53. The average molecular weight is 431 g/mol. The zero-order valence-electron chi connectivity index (χ0n) is 16.7. The summed E-state index contributed by atoms with van der Waals surface area (Å²) in [6.07, 6.45) is 7.60. The van der Waals surface area contributed by atoms with Gasteiger partial charge in [-0.15, -0.1) is 0 Å². The number of piperidine rings is 1. The lowest BCUT2D eigenvalue weighted by molar-refractivity contribution is 0.0976. The molecule has 2 aliphatic rings. The fourth-order valence-electron chi connectivity index (χ4n) is 4.90. The van der Waals surface area contributed by atoms with E-state index in [1.807, 2.05) is 31.5 Å². The summed E-state index contributed by atoms with van der Waals surface area (Å²) in [5, 5.41) is 1.08. The lowest BCUT2D eigenvalue weighted by Gasteiger charge is -2.39. The van der Waals surface area contributed by atoms with E-state index in [1.54, 1.807) is 6.07 Å². The molecule has 152 valence electrons. The van der Waals surface area contributed by atoms with Crippen molar-refractivity contribution < 1.29 is 4.74 Å². The summed E-state index contributed by atoms with van der Waals surface area (Å²) in [7, 11) is 0. The number of hydrogen-bond donors (Lipinski definition) is 0. The maximum Gasteiger partial charge on any atom is 0.180 e. The summed E-state index contributed by atoms with van der Waals surface area (Å²) in [5.74, 6) is 0.941. The van der Waals surface area contributed by atoms with Gasteiger partial charge in [-0.2, -0.15) is 0 Å². The van der Waals surface area contributed by atoms with Gasteiger partial charge in [-0.3, -0.25) is 4.40 Å². The largest absolute Gasteiger partial charge is 0.378 e. The Morgan fingerprint density at radius 3 is 2.72 bits per heavy atom. The minimum atomic E-state index is 0.338. The number of benzene rings is 1. The molecule has 29 heavy (non-hydrogen) atoms. The fourth-order valence-corrected chi connectivity index (χ4v) is 5.29. The molecule has 2 aliphatic heterocycles. The van der Waals surface area contributed by atoms with E-state index in [9.17, 15) is 0 Å². The van der Waals surface area contributed by atoms with Gasteiger partial charge < -0.3 is 9.64 Å². The number of ether oxygens (including phenoxy) is 1. The second-order valence-electron chi connectivity index (χ2n) is 8.40. The average Bonchev–Trinajstić information content (AvgIpc) is 3.32. The molecule has 0 radical (unpaired) electrons. The highest BCUT2D eigenvalue weighted by molar-refractivity contribution is 6.43. The van der Waals surface area contributed by atoms with Crippen molar-refractivity contribution in [3.05, 3.63) is 46.3 Å². The monoisotopic (exact) mass is 430 g/mol. The molecule has 0 saturated carbocycles. The normalized spacial score (nSPS) is 21.4. The minimum absolute atomic E-state index is 0.338. The summed E-state index contributed by atoms with van der Waals surface area (Å²) in [4.78, 5) is 12.0. The first-order chi connectivity index (χ1) is 14.0. The molecular formula is C22H24Cl2N4O. The summed E-state index contributed by atoms with van der Waals surface area (Å²) in [6.45, 7) is 7.04. The van der Waals surface area contributed by atoms with Crippen LogP contribution in [0.1, 0.15) is 31.9 Å². The van der Waals surface area contributed by atoms with Crippen LogP contribution in [0.4, 0.5) is 5.82 Å². The molecule has 2 aromatic heterocycles. The number of fused-ring (bicyclic) bond motifs is 1. The highest BCUT2D eigenvalue weighted by Crippen LogP contribution is 2.43. The molecular weight excluding hydrogens is 407 g/mol. The van der Waals surface area contributed by atoms with E-state index in [1.165, 1.54) is 0 Å². The SMILES string of the molecule is Cc1nc(N2CCC3(CC2)CO[C@@H](C)C3)c2nccn2c1-c1cccc(Cl)c1Cl. The molecule has 0 N–H and O–H groups in total. The van der Waals surface area contributed by atoms with Crippen molar-refractivity contribution in [3.8, 4) is 11.3 Å². The predicted octanol–water partition coefficient (Wildman–Crippen LogP) is 5.41. The van der Waals surface area contributed by atoms with Crippen LogP contribution >= 0.6 is 23.2 Å². The van der Waals surface area contributed by atoms with Crippen molar-refractivity contribution in [2.75, 3.05) is 24.6 Å². The van der Waals surface area contributed by atoms with Gasteiger partial charge in [0.1, 0.15) is 0 Å². The van der Waals surface area contributed by atoms with E-state index in [4.69, 9.17) is 32.9 Å². The molecule has 0 bridgehead atoms. The smallest absolute Gasteiger partial charge is 0.180 e. The molecule has 7 heteroatoms. The second-order valence-corrected chi connectivity index (χ2v) is 9.19. The number of halogens is 2. The van der Waals surface area contributed by atoms with Crippen molar-refractivity contribution in [2.24, 2.45) is 5.41 Å². The van der Waals surface area contributed by atoms with Gasteiger partial charge in [0.2, 0.25) is 0 Å². The van der Waals surface area contributed by atoms with Crippen LogP contribution in [0, 0.1) is 12.3 Å². The molecule has 2 fully saturated rings. The number of aryl methyl sites for hydroxylation is 1. The van der Waals surface area contributed by atoms with Crippen LogP contribution in [0.3, 0.4) is 0 Å². The zero-order valence-corrected chi connectivity index (χ0v) is 18.2. The summed E-state index contributed by atoms with van der Waals surface area (Å²) < 4.78 is 7.96. The Morgan fingerprint density at radius 2 is 2.00 bits per heavy atom. The first kappa shape index (κ1) is 19.2. The predicted molar refractivity (Wildman–Crippen MR) is 117 cm³/mol. The van der Waals surface area contributed by atoms with Crippen molar-refractivity contribution >= 4 is 34.7 Å². The highest BCUT2D eigenvalue weighted by atomic mass is 35.5. The standard InChI is InChI=1S/C22H24Cl2N4O/c1-14-12-22(13-29-14)6-9-27(10-7-22)21-20-25-8-11-28(20)19(15(2)26-21)16-4-3-5-17(23)18(16)24/h3-5,8,11,14H,6-7,9-10,12-13H2,1-2H3/t14-/m0/s1. The van der Waals surface area contributed by atoms with Gasteiger partial charge in [0.15, 0.2) is 11.5 Å². The van der Waals surface area contributed by atoms with E-state index in [-0.39, 0.29) is 0 Å². The van der Waals surface area contributed by atoms with Crippen molar-refractivity contribution in [2.45, 2.75) is 39.2 Å². The summed E-state index contributed by atoms with van der Waals surface area (Å²) >= 11 is 12.8. The third-order valence-electron chi connectivity index (χ3n) is 6.42. The Morgan fingerprint density at radius 1 is 1.21 bits per heavy atom. The quantitative estimate of drug-likeness (QED) is 0.545. The molecule has 1 aromatic carbocycles. The molecule has 5 rings (SSSR count). The maximum atomic E-state index is 6.52. The molecule has 1 spiro atoms.